The fraction of sp³-hybridized carbons (Fsp3) is 0.831. The molecule has 0 aliphatic rings. The molecule has 6 nitrogen and oxygen atoms in total. The first-order valence-electron chi connectivity index (χ1n) is 31.1. The van der Waals surface area contributed by atoms with Gasteiger partial charge in [-0.1, -0.05) is 313 Å². The van der Waals surface area contributed by atoms with Gasteiger partial charge in [0, 0.05) is 19.3 Å². The van der Waals surface area contributed by atoms with Gasteiger partial charge >= 0.3 is 17.9 Å². The van der Waals surface area contributed by atoms with Crippen molar-refractivity contribution in [3.63, 3.8) is 0 Å². The van der Waals surface area contributed by atoms with Crippen LogP contribution in [0, 0.1) is 0 Å². The second-order valence-corrected chi connectivity index (χ2v) is 21.0. The molecule has 0 aromatic heterocycles. The zero-order valence-corrected chi connectivity index (χ0v) is 47.5. The van der Waals surface area contributed by atoms with Crippen LogP contribution in [-0.2, 0) is 28.6 Å². The lowest BCUT2D eigenvalue weighted by molar-refractivity contribution is -0.166. The van der Waals surface area contributed by atoms with Crippen LogP contribution in [0.3, 0.4) is 0 Å². The summed E-state index contributed by atoms with van der Waals surface area (Å²) in [5.74, 6) is -0.955. The van der Waals surface area contributed by atoms with Crippen molar-refractivity contribution in [1.82, 2.24) is 0 Å². The molecule has 0 aliphatic heterocycles. The maximum Gasteiger partial charge on any atom is 0.306 e. The standard InChI is InChI=1S/C65H118O6/c1-4-7-10-13-16-19-22-25-27-29-30-31-32-33-34-35-36-38-40-43-46-49-52-55-58-64(67)70-61-62(60-69-63(66)57-54-51-48-45-42-39-24-21-18-15-12-9-6-3)71-65(68)59-56-53-50-47-44-41-37-28-26-23-20-17-14-11-8-5-2/h9,12,18,21,39,42,48,51,62H,4-8,10-11,13-17,19-20,22-38,40-41,43-47,49-50,52-61H2,1-3H3/b12-9-,21-18-,42-39-,51-48-. The summed E-state index contributed by atoms with van der Waals surface area (Å²) in [6.45, 7) is 6.52. The maximum absolute atomic E-state index is 12.9. The van der Waals surface area contributed by atoms with Crippen LogP contribution in [0.4, 0.5) is 0 Å². The monoisotopic (exact) mass is 995 g/mol. The number of ether oxygens (including phenoxy) is 3. The lowest BCUT2D eigenvalue weighted by atomic mass is 10.0. The summed E-state index contributed by atoms with van der Waals surface area (Å²) in [5.41, 5.74) is 0. The molecule has 0 fully saturated rings. The molecule has 0 N–H and O–H groups in total. The van der Waals surface area contributed by atoms with Crippen LogP contribution in [0.5, 0.6) is 0 Å². The Morgan fingerprint density at radius 2 is 0.549 bits per heavy atom. The SMILES string of the molecule is CC/C=C\C/C=C\C/C=C\C/C=C\CCC(=O)OCC(COC(=O)CCCCCCCCCCCCCCCCCCCCCCCCCC)OC(=O)CCCCCCCCCCCCCCCCCC. The third-order valence-corrected chi connectivity index (χ3v) is 13.9. The van der Waals surface area contributed by atoms with Gasteiger partial charge in [0.2, 0.25) is 0 Å². The zero-order chi connectivity index (χ0) is 51.4. The van der Waals surface area contributed by atoms with E-state index in [0.717, 1.165) is 64.2 Å². The van der Waals surface area contributed by atoms with E-state index in [9.17, 15) is 14.4 Å². The van der Waals surface area contributed by atoms with E-state index in [1.807, 2.05) is 6.08 Å². The number of carbonyl (C=O) groups is 3. The molecule has 71 heavy (non-hydrogen) atoms. The van der Waals surface area contributed by atoms with E-state index in [0.29, 0.717) is 19.3 Å². The highest BCUT2D eigenvalue weighted by Crippen LogP contribution is 2.18. The van der Waals surface area contributed by atoms with Crippen molar-refractivity contribution >= 4 is 17.9 Å². The molecule has 6 heteroatoms. The third-order valence-electron chi connectivity index (χ3n) is 13.9. The summed E-state index contributed by atoms with van der Waals surface area (Å²) in [7, 11) is 0. The molecular formula is C65H118O6. The Bertz CT molecular complexity index is 1230. The quantitative estimate of drug-likeness (QED) is 0.0261. The van der Waals surface area contributed by atoms with Gasteiger partial charge in [0.25, 0.3) is 0 Å². The van der Waals surface area contributed by atoms with Crippen LogP contribution in [0.2, 0.25) is 0 Å². The molecule has 0 amide bonds. The van der Waals surface area contributed by atoms with Crippen LogP contribution in [0.15, 0.2) is 48.6 Å². The Balaban J connectivity index is 4.28. The number of carbonyl (C=O) groups excluding carboxylic acids is 3. The summed E-state index contributed by atoms with van der Waals surface area (Å²) in [5, 5.41) is 0. The van der Waals surface area contributed by atoms with Crippen LogP contribution < -0.4 is 0 Å². The molecule has 0 bridgehead atoms. The number of unbranched alkanes of at least 4 members (excludes halogenated alkanes) is 38. The van der Waals surface area contributed by atoms with Crippen molar-refractivity contribution in [2.75, 3.05) is 13.2 Å². The first-order chi connectivity index (χ1) is 35.0. The minimum atomic E-state index is -0.798. The Morgan fingerprint density at radius 3 is 0.859 bits per heavy atom. The number of rotatable bonds is 57. The fourth-order valence-corrected chi connectivity index (χ4v) is 9.22. The Kier molecular flexibility index (Phi) is 57.7. The van der Waals surface area contributed by atoms with Crippen molar-refractivity contribution in [3.05, 3.63) is 48.6 Å². The van der Waals surface area contributed by atoms with Gasteiger partial charge in [-0.3, -0.25) is 14.4 Å². The first kappa shape index (κ1) is 68.4. The van der Waals surface area contributed by atoms with E-state index < -0.39 is 6.10 Å². The summed E-state index contributed by atoms with van der Waals surface area (Å²) in [6.07, 6.45) is 74.3. The van der Waals surface area contributed by atoms with Gasteiger partial charge < -0.3 is 14.2 Å². The zero-order valence-electron chi connectivity index (χ0n) is 47.5. The molecule has 0 aromatic rings. The van der Waals surface area contributed by atoms with E-state index in [2.05, 4.69) is 63.3 Å². The number of hydrogen-bond acceptors (Lipinski definition) is 6. The van der Waals surface area contributed by atoms with E-state index in [1.165, 1.54) is 218 Å². The van der Waals surface area contributed by atoms with Crippen LogP contribution >= 0.6 is 0 Å². The van der Waals surface area contributed by atoms with Crippen LogP contribution in [0.25, 0.3) is 0 Å². The smallest absolute Gasteiger partial charge is 0.306 e. The summed E-state index contributed by atoms with van der Waals surface area (Å²) < 4.78 is 16.8. The van der Waals surface area contributed by atoms with E-state index in [1.54, 1.807) is 0 Å². The minimum absolute atomic E-state index is 0.0902. The molecule has 0 aromatic carbocycles. The number of allylic oxidation sites excluding steroid dienone is 8. The molecule has 0 radical (unpaired) electrons. The molecule has 0 rings (SSSR count). The van der Waals surface area contributed by atoms with Gasteiger partial charge in [0.1, 0.15) is 13.2 Å². The highest BCUT2D eigenvalue weighted by Gasteiger charge is 2.19. The van der Waals surface area contributed by atoms with Crippen molar-refractivity contribution < 1.29 is 28.6 Å². The van der Waals surface area contributed by atoms with E-state index in [4.69, 9.17) is 14.2 Å². The molecule has 0 saturated heterocycles. The average molecular weight is 996 g/mol. The lowest BCUT2D eigenvalue weighted by Gasteiger charge is -2.18. The van der Waals surface area contributed by atoms with E-state index >= 15 is 0 Å². The van der Waals surface area contributed by atoms with Crippen LogP contribution in [0.1, 0.15) is 329 Å². The van der Waals surface area contributed by atoms with Gasteiger partial charge in [0.15, 0.2) is 6.10 Å². The molecule has 0 heterocycles. The first-order valence-corrected chi connectivity index (χ1v) is 31.1. The van der Waals surface area contributed by atoms with Gasteiger partial charge in [0.05, 0.1) is 0 Å². The minimum Gasteiger partial charge on any atom is -0.462 e. The summed E-state index contributed by atoms with van der Waals surface area (Å²) in [4.78, 5) is 38.2. The molecule has 414 valence electrons. The van der Waals surface area contributed by atoms with Gasteiger partial charge in [-0.05, 0) is 44.9 Å². The number of hydrogen-bond donors (Lipinski definition) is 0. The molecular weight excluding hydrogens is 877 g/mol. The second kappa shape index (κ2) is 59.9. The second-order valence-electron chi connectivity index (χ2n) is 21.0. The van der Waals surface area contributed by atoms with Gasteiger partial charge in [-0.25, -0.2) is 0 Å². The van der Waals surface area contributed by atoms with Crippen LogP contribution in [-0.4, -0.2) is 37.2 Å². The summed E-state index contributed by atoms with van der Waals surface area (Å²) in [6, 6.07) is 0. The Morgan fingerprint density at radius 1 is 0.296 bits per heavy atom. The largest absolute Gasteiger partial charge is 0.462 e. The maximum atomic E-state index is 12.9. The highest BCUT2D eigenvalue weighted by molar-refractivity contribution is 5.71. The molecule has 0 spiro atoms. The fourth-order valence-electron chi connectivity index (χ4n) is 9.22. The number of esters is 3. The predicted octanol–water partition coefficient (Wildman–Crippen LogP) is 21.0. The topological polar surface area (TPSA) is 78.9 Å². The van der Waals surface area contributed by atoms with E-state index in [-0.39, 0.29) is 37.5 Å². The Hall–Kier alpha value is -2.63. The molecule has 1 atom stereocenters. The van der Waals surface area contributed by atoms with Crippen molar-refractivity contribution in [1.29, 1.82) is 0 Å². The third kappa shape index (κ3) is 58.1. The molecule has 0 aliphatic carbocycles. The average Bonchev–Trinajstić information content (AvgIpc) is 3.37. The Labute approximate surface area is 441 Å². The normalized spacial score (nSPS) is 12.3. The van der Waals surface area contributed by atoms with Crippen molar-refractivity contribution in [2.24, 2.45) is 0 Å². The lowest BCUT2D eigenvalue weighted by Crippen LogP contribution is -2.30. The molecule has 0 saturated carbocycles. The summed E-state index contributed by atoms with van der Waals surface area (Å²) >= 11 is 0. The highest BCUT2D eigenvalue weighted by atomic mass is 16.6. The predicted molar refractivity (Wildman–Crippen MR) is 307 cm³/mol. The van der Waals surface area contributed by atoms with Crippen molar-refractivity contribution in [3.8, 4) is 0 Å². The van der Waals surface area contributed by atoms with Crippen molar-refractivity contribution in [2.45, 2.75) is 335 Å². The molecule has 1 unspecified atom stereocenters. The van der Waals surface area contributed by atoms with Gasteiger partial charge in [-0.2, -0.15) is 0 Å². The van der Waals surface area contributed by atoms with Gasteiger partial charge in [-0.15, -0.1) is 0 Å².